The molecule has 0 aliphatic carbocycles. The molecule has 19 heavy (non-hydrogen) atoms. The second-order valence-corrected chi connectivity index (χ2v) is 4.68. The van der Waals surface area contributed by atoms with Crippen molar-refractivity contribution < 1.29 is 18.3 Å². The summed E-state index contributed by atoms with van der Waals surface area (Å²) < 4.78 is 38.7. The Morgan fingerprint density at radius 1 is 1.42 bits per heavy atom. The first-order valence-corrected chi connectivity index (χ1v) is 6.03. The van der Waals surface area contributed by atoms with Crippen LogP contribution in [0.1, 0.15) is 30.0 Å². The van der Waals surface area contributed by atoms with Gasteiger partial charge in [0.25, 0.3) is 0 Å². The van der Waals surface area contributed by atoms with E-state index in [0.29, 0.717) is 6.42 Å². The van der Waals surface area contributed by atoms with Gasteiger partial charge in [0.2, 0.25) is 0 Å². The first kappa shape index (κ1) is 18.3. The van der Waals surface area contributed by atoms with Crippen LogP contribution in [0.25, 0.3) is 0 Å². The van der Waals surface area contributed by atoms with Crippen molar-refractivity contribution in [2.75, 3.05) is 0 Å². The number of hydrogen-bond acceptors (Lipinski definition) is 2. The molecule has 1 aromatic carbocycles. The van der Waals surface area contributed by atoms with Gasteiger partial charge in [0.15, 0.2) is 0 Å². The van der Waals surface area contributed by atoms with Crippen LogP contribution in [0.4, 0.5) is 13.2 Å². The summed E-state index contributed by atoms with van der Waals surface area (Å²) in [7, 11) is 0. The van der Waals surface area contributed by atoms with E-state index < -0.39 is 23.5 Å². The van der Waals surface area contributed by atoms with Crippen molar-refractivity contribution in [1.82, 2.24) is 0 Å². The zero-order chi connectivity index (χ0) is 13.9. The fourth-order valence-electron chi connectivity index (χ4n) is 1.65. The van der Waals surface area contributed by atoms with E-state index in [9.17, 15) is 18.3 Å². The number of aromatic hydroxyl groups is 1. The molecule has 0 aliphatic heterocycles. The van der Waals surface area contributed by atoms with Crippen molar-refractivity contribution in [3.63, 3.8) is 0 Å². The number of rotatable bonds is 4. The van der Waals surface area contributed by atoms with E-state index >= 15 is 0 Å². The van der Waals surface area contributed by atoms with Gasteiger partial charge in [-0.25, -0.2) is 0 Å². The molecule has 0 saturated carbocycles. The molecule has 2 nitrogen and oxygen atoms in total. The number of phenols is 1. The molecule has 0 saturated heterocycles. The minimum Gasteiger partial charge on any atom is -0.506 e. The van der Waals surface area contributed by atoms with Gasteiger partial charge in [-0.1, -0.05) is 6.08 Å². The Hall–Kier alpha value is -0.720. The number of hydrogen-bond donors (Lipinski definition) is 2. The summed E-state index contributed by atoms with van der Waals surface area (Å²) in [6, 6.07) is 1.17. The maximum atomic E-state index is 12.8. The Morgan fingerprint density at radius 2 is 2.00 bits per heavy atom. The Bertz CT molecular complexity index is 451. The van der Waals surface area contributed by atoms with Crippen LogP contribution in [0.15, 0.2) is 29.3 Å². The highest BCUT2D eigenvalue weighted by atomic mass is 79.9. The molecular weight excluding hydrogens is 346 g/mol. The van der Waals surface area contributed by atoms with E-state index in [4.69, 9.17) is 5.73 Å². The van der Waals surface area contributed by atoms with Gasteiger partial charge < -0.3 is 10.8 Å². The monoisotopic (exact) mass is 359 g/mol. The summed E-state index contributed by atoms with van der Waals surface area (Å²) in [6.07, 6.45) is -2.21. The normalized spacial score (nSPS) is 12.7. The highest BCUT2D eigenvalue weighted by Crippen LogP contribution is 2.42. The van der Waals surface area contributed by atoms with Gasteiger partial charge in [-0.05, 0) is 40.9 Å². The second-order valence-electron chi connectivity index (χ2n) is 3.83. The number of nitrogens with two attached hydrogens (primary N) is 1. The lowest BCUT2D eigenvalue weighted by Gasteiger charge is -2.20. The highest BCUT2D eigenvalue weighted by Gasteiger charge is 2.36. The summed E-state index contributed by atoms with van der Waals surface area (Å²) in [6.45, 7) is 3.49. The van der Waals surface area contributed by atoms with Crippen LogP contribution in [-0.2, 0) is 6.18 Å². The summed E-state index contributed by atoms with van der Waals surface area (Å²) in [5.74, 6) is -0.457. The van der Waals surface area contributed by atoms with E-state index in [1.54, 1.807) is 6.08 Å². The van der Waals surface area contributed by atoms with Gasteiger partial charge in [0.05, 0.1) is 10.0 Å². The van der Waals surface area contributed by atoms with Gasteiger partial charge in [-0.3, -0.25) is 0 Å². The number of alkyl halides is 3. The van der Waals surface area contributed by atoms with E-state index in [1.165, 1.54) is 0 Å². The molecule has 0 heterocycles. The summed E-state index contributed by atoms with van der Waals surface area (Å²) >= 11 is 2.99. The van der Waals surface area contributed by atoms with Crippen LogP contribution in [0.2, 0.25) is 0 Å². The fraction of sp³-hybridized carbons (Fsp3) is 0.333. The maximum Gasteiger partial charge on any atom is 0.416 e. The number of halogens is 5. The molecule has 0 aromatic heterocycles. The first-order chi connectivity index (χ1) is 8.29. The van der Waals surface area contributed by atoms with Crippen molar-refractivity contribution in [2.45, 2.75) is 25.1 Å². The summed E-state index contributed by atoms with van der Waals surface area (Å²) in [5, 5.41) is 9.76. The topological polar surface area (TPSA) is 46.2 Å². The van der Waals surface area contributed by atoms with Crippen molar-refractivity contribution in [2.24, 2.45) is 5.73 Å². The largest absolute Gasteiger partial charge is 0.506 e. The molecule has 3 N–H and O–H groups in total. The quantitative estimate of drug-likeness (QED) is 0.773. The van der Waals surface area contributed by atoms with E-state index in [2.05, 4.69) is 22.5 Å². The van der Waals surface area contributed by atoms with Crippen molar-refractivity contribution in [1.29, 1.82) is 0 Å². The lowest BCUT2D eigenvalue weighted by Crippen LogP contribution is -2.17. The average Bonchev–Trinajstić information content (AvgIpc) is 2.27. The number of benzene rings is 1. The third-order valence-electron chi connectivity index (χ3n) is 2.53. The van der Waals surface area contributed by atoms with E-state index in [0.717, 1.165) is 12.1 Å². The predicted octanol–water partition coefficient (Wildman–Crippen LogP) is 4.56. The zero-order valence-electron chi connectivity index (χ0n) is 9.88. The van der Waals surface area contributed by atoms with Gasteiger partial charge in [-0.2, -0.15) is 13.2 Å². The Morgan fingerprint density at radius 3 is 2.47 bits per heavy atom. The number of allylic oxidation sites excluding steroid dienone is 1. The van der Waals surface area contributed by atoms with Gasteiger partial charge >= 0.3 is 6.18 Å². The minimum absolute atomic E-state index is 0. The third kappa shape index (κ3) is 4.40. The maximum absolute atomic E-state index is 12.8. The van der Waals surface area contributed by atoms with Crippen LogP contribution in [0.3, 0.4) is 0 Å². The Labute approximate surface area is 124 Å². The van der Waals surface area contributed by atoms with Crippen molar-refractivity contribution in [3.8, 4) is 5.75 Å². The lowest BCUT2D eigenvalue weighted by molar-refractivity contribution is -0.138. The van der Waals surface area contributed by atoms with Gasteiger partial charge in [0, 0.05) is 11.6 Å². The van der Waals surface area contributed by atoms with Gasteiger partial charge in [-0.15, -0.1) is 19.0 Å². The Balaban J connectivity index is 0.00000324. The molecule has 1 aromatic rings. The predicted molar refractivity (Wildman–Crippen MR) is 74.4 cm³/mol. The molecule has 1 rings (SSSR count). The van der Waals surface area contributed by atoms with Crippen molar-refractivity contribution >= 4 is 28.3 Å². The van der Waals surface area contributed by atoms with Crippen LogP contribution in [0, 0.1) is 0 Å². The van der Waals surface area contributed by atoms with Crippen LogP contribution in [0.5, 0.6) is 5.75 Å². The molecule has 1 atom stereocenters. The summed E-state index contributed by atoms with van der Waals surface area (Å²) in [5.41, 5.74) is 4.54. The molecule has 0 amide bonds. The van der Waals surface area contributed by atoms with Crippen LogP contribution < -0.4 is 5.73 Å². The molecule has 0 unspecified atom stereocenters. The summed E-state index contributed by atoms with van der Waals surface area (Å²) in [4.78, 5) is 0. The molecule has 0 aliphatic rings. The Kier molecular flexibility index (Phi) is 6.89. The molecule has 0 fully saturated rings. The highest BCUT2D eigenvalue weighted by molar-refractivity contribution is 9.10. The first-order valence-electron chi connectivity index (χ1n) is 5.24. The third-order valence-corrected chi connectivity index (χ3v) is 3.17. The van der Waals surface area contributed by atoms with Gasteiger partial charge in [0.1, 0.15) is 5.75 Å². The molecule has 108 valence electrons. The smallest absolute Gasteiger partial charge is 0.416 e. The minimum atomic E-state index is -4.54. The van der Waals surface area contributed by atoms with Crippen molar-refractivity contribution in [3.05, 3.63) is 40.4 Å². The molecule has 0 spiro atoms. The zero-order valence-corrected chi connectivity index (χ0v) is 12.3. The SMILES string of the molecule is C=CCC[C@@H](N)c1c(C(F)(F)F)ccc(Br)c1O.Cl. The van der Waals surface area contributed by atoms with Crippen LogP contribution in [-0.4, -0.2) is 5.11 Å². The molecule has 7 heteroatoms. The lowest BCUT2D eigenvalue weighted by atomic mass is 9.96. The second kappa shape index (κ2) is 7.17. The number of phenolic OH excluding ortho intramolecular Hbond substituents is 1. The standard InChI is InChI=1S/C12H13BrF3NO.ClH/c1-2-3-4-9(17)10-7(12(14,15)16)5-6-8(13)11(10)18;/h2,5-6,9,18H,1,3-4,17H2;1H/t9-;/m1./s1. The molecule has 0 radical (unpaired) electrons. The fourth-order valence-corrected chi connectivity index (χ4v) is 1.99. The van der Waals surface area contributed by atoms with E-state index in [-0.39, 0.29) is 28.9 Å². The molecular formula is C12H14BrClF3NO. The van der Waals surface area contributed by atoms with Crippen LogP contribution >= 0.6 is 28.3 Å². The molecule has 0 bridgehead atoms. The van der Waals surface area contributed by atoms with E-state index in [1.807, 2.05) is 0 Å². The average molecular weight is 361 g/mol.